The number of carbonyl (C=O) groups is 1. The third-order valence-electron chi connectivity index (χ3n) is 3.41. The minimum atomic E-state index is -0.422. The number of amides is 1. The Balaban J connectivity index is 2.21. The van der Waals surface area contributed by atoms with Gasteiger partial charge in [0.05, 0.1) is 5.56 Å². The zero-order valence-corrected chi connectivity index (χ0v) is 11.7. The first kappa shape index (κ1) is 13.4. The molecule has 0 aliphatic heterocycles. The van der Waals surface area contributed by atoms with Crippen LogP contribution in [0.15, 0.2) is 22.7 Å². The molecule has 1 saturated carbocycles. The molecule has 1 aromatic carbocycles. The van der Waals surface area contributed by atoms with Crippen molar-refractivity contribution in [2.45, 2.75) is 37.8 Å². The Morgan fingerprint density at radius 2 is 2.06 bits per heavy atom. The molecule has 98 valence electrons. The summed E-state index contributed by atoms with van der Waals surface area (Å²) in [6.07, 6.45) is 4.41. The van der Waals surface area contributed by atoms with Crippen molar-refractivity contribution in [3.05, 3.63) is 28.2 Å². The van der Waals surface area contributed by atoms with Gasteiger partial charge in [0, 0.05) is 22.2 Å². The third-order valence-corrected chi connectivity index (χ3v) is 3.90. The summed E-state index contributed by atoms with van der Waals surface area (Å²) in [6, 6.07) is 5.76. The predicted octanol–water partition coefficient (Wildman–Crippen LogP) is 2.23. The predicted molar refractivity (Wildman–Crippen MR) is 76.5 cm³/mol. The third kappa shape index (κ3) is 3.03. The van der Waals surface area contributed by atoms with Gasteiger partial charge in [0.25, 0.3) is 5.91 Å². The highest BCUT2D eigenvalue weighted by molar-refractivity contribution is 9.10. The van der Waals surface area contributed by atoms with E-state index in [2.05, 4.69) is 21.2 Å². The van der Waals surface area contributed by atoms with Gasteiger partial charge in [0.15, 0.2) is 0 Å². The average molecular weight is 312 g/mol. The second kappa shape index (κ2) is 5.71. The SMILES string of the molecule is NC(=O)c1ccc(Br)cc1NC1CCCCC1N. The molecule has 2 rings (SSSR count). The quantitative estimate of drug-likeness (QED) is 0.800. The first-order valence-electron chi connectivity index (χ1n) is 6.19. The number of hydrogen-bond acceptors (Lipinski definition) is 3. The molecule has 0 aromatic heterocycles. The van der Waals surface area contributed by atoms with Gasteiger partial charge in [0.1, 0.15) is 0 Å². The van der Waals surface area contributed by atoms with Crippen LogP contribution in [0.3, 0.4) is 0 Å². The van der Waals surface area contributed by atoms with Crippen molar-refractivity contribution in [2.75, 3.05) is 5.32 Å². The van der Waals surface area contributed by atoms with Crippen molar-refractivity contribution in [3.8, 4) is 0 Å². The van der Waals surface area contributed by atoms with E-state index in [0.29, 0.717) is 5.56 Å². The van der Waals surface area contributed by atoms with E-state index in [1.807, 2.05) is 12.1 Å². The molecule has 5 N–H and O–H groups in total. The lowest BCUT2D eigenvalue weighted by Crippen LogP contribution is -2.42. The summed E-state index contributed by atoms with van der Waals surface area (Å²) in [5.41, 5.74) is 12.8. The van der Waals surface area contributed by atoms with Crippen molar-refractivity contribution in [1.82, 2.24) is 0 Å². The fourth-order valence-electron chi connectivity index (χ4n) is 2.39. The lowest BCUT2D eigenvalue weighted by molar-refractivity contribution is 0.100. The van der Waals surface area contributed by atoms with Gasteiger partial charge in [-0.3, -0.25) is 4.79 Å². The van der Waals surface area contributed by atoms with Crippen molar-refractivity contribution in [2.24, 2.45) is 11.5 Å². The van der Waals surface area contributed by atoms with E-state index in [4.69, 9.17) is 11.5 Å². The fraction of sp³-hybridized carbons (Fsp3) is 0.462. The Kier molecular flexibility index (Phi) is 4.24. The van der Waals surface area contributed by atoms with Crippen molar-refractivity contribution < 1.29 is 4.79 Å². The molecule has 0 heterocycles. The van der Waals surface area contributed by atoms with Gasteiger partial charge in [-0.2, -0.15) is 0 Å². The normalized spacial score (nSPS) is 23.7. The number of nitrogens with one attached hydrogen (secondary N) is 1. The monoisotopic (exact) mass is 311 g/mol. The van der Waals surface area contributed by atoms with Crippen LogP contribution in [-0.2, 0) is 0 Å². The van der Waals surface area contributed by atoms with Crippen LogP contribution in [0.5, 0.6) is 0 Å². The van der Waals surface area contributed by atoms with E-state index >= 15 is 0 Å². The molecule has 1 aliphatic carbocycles. The summed E-state index contributed by atoms with van der Waals surface area (Å²) >= 11 is 3.40. The zero-order chi connectivity index (χ0) is 13.1. The van der Waals surface area contributed by atoms with Crippen LogP contribution in [-0.4, -0.2) is 18.0 Å². The summed E-state index contributed by atoms with van der Waals surface area (Å²) in [5.74, 6) is -0.422. The Morgan fingerprint density at radius 3 is 2.72 bits per heavy atom. The molecule has 0 spiro atoms. The molecule has 1 aliphatic rings. The number of rotatable bonds is 3. The lowest BCUT2D eigenvalue weighted by atomic mass is 9.90. The van der Waals surface area contributed by atoms with Crippen LogP contribution in [0, 0.1) is 0 Å². The van der Waals surface area contributed by atoms with Crippen LogP contribution < -0.4 is 16.8 Å². The first-order valence-corrected chi connectivity index (χ1v) is 6.98. The molecule has 1 amide bonds. The summed E-state index contributed by atoms with van der Waals surface area (Å²) in [7, 11) is 0. The zero-order valence-electron chi connectivity index (χ0n) is 10.2. The Morgan fingerprint density at radius 1 is 1.33 bits per heavy atom. The smallest absolute Gasteiger partial charge is 0.250 e. The highest BCUT2D eigenvalue weighted by Gasteiger charge is 2.22. The number of anilines is 1. The maximum Gasteiger partial charge on any atom is 0.250 e. The molecule has 0 bridgehead atoms. The summed E-state index contributed by atoms with van der Waals surface area (Å²) < 4.78 is 0.916. The maximum atomic E-state index is 11.4. The Labute approximate surface area is 115 Å². The fourth-order valence-corrected chi connectivity index (χ4v) is 2.75. The molecule has 18 heavy (non-hydrogen) atoms. The molecule has 2 atom stereocenters. The molecule has 0 saturated heterocycles. The second-order valence-electron chi connectivity index (χ2n) is 4.75. The van der Waals surface area contributed by atoms with Crippen LogP contribution in [0.25, 0.3) is 0 Å². The molecular formula is C13H18BrN3O. The summed E-state index contributed by atoms with van der Waals surface area (Å²) in [4.78, 5) is 11.4. The van der Waals surface area contributed by atoms with E-state index in [9.17, 15) is 4.79 Å². The van der Waals surface area contributed by atoms with Crippen LogP contribution in [0.1, 0.15) is 36.0 Å². The average Bonchev–Trinajstić information content (AvgIpc) is 2.32. The molecule has 5 heteroatoms. The van der Waals surface area contributed by atoms with Gasteiger partial charge in [-0.15, -0.1) is 0 Å². The van der Waals surface area contributed by atoms with Gasteiger partial charge < -0.3 is 16.8 Å². The molecule has 1 fully saturated rings. The van der Waals surface area contributed by atoms with Crippen LogP contribution in [0.2, 0.25) is 0 Å². The Bertz CT molecular complexity index is 450. The van der Waals surface area contributed by atoms with Crippen molar-refractivity contribution in [1.29, 1.82) is 0 Å². The second-order valence-corrected chi connectivity index (χ2v) is 5.67. The van der Waals surface area contributed by atoms with Crippen molar-refractivity contribution in [3.63, 3.8) is 0 Å². The number of primary amides is 1. The molecular weight excluding hydrogens is 294 g/mol. The number of benzene rings is 1. The minimum Gasteiger partial charge on any atom is -0.380 e. The maximum absolute atomic E-state index is 11.4. The number of hydrogen-bond donors (Lipinski definition) is 3. The van der Waals surface area contributed by atoms with Gasteiger partial charge in [-0.1, -0.05) is 28.8 Å². The highest BCUT2D eigenvalue weighted by Crippen LogP contribution is 2.26. The number of carbonyl (C=O) groups excluding carboxylic acids is 1. The topological polar surface area (TPSA) is 81.1 Å². The Hall–Kier alpha value is -1.07. The van der Waals surface area contributed by atoms with Gasteiger partial charge in [-0.05, 0) is 31.0 Å². The van der Waals surface area contributed by atoms with E-state index in [0.717, 1.165) is 23.0 Å². The van der Waals surface area contributed by atoms with Crippen LogP contribution in [0.4, 0.5) is 5.69 Å². The number of halogens is 1. The lowest BCUT2D eigenvalue weighted by Gasteiger charge is -2.30. The molecule has 1 aromatic rings. The largest absolute Gasteiger partial charge is 0.380 e. The number of nitrogens with two attached hydrogens (primary N) is 2. The van der Waals surface area contributed by atoms with Crippen molar-refractivity contribution >= 4 is 27.5 Å². The van der Waals surface area contributed by atoms with E-state index in [1.165, 1.54) is 12.8 Å². The highest BCUT2D eigenvalue weighted by atomic mass is 79.9. The first-order chi connectivity index (χ1) is 8.58. The summed E-state index contributed by atoms with van der Waals surface area (Å²) in [6.45, 7) is 0. The molecule has 4 nitrogen and oxygen atoms in total. The van der Waals surface area contributed by atoms with Gasteiger partial charge >= 0.3 is 0 Å². The van der Waals surface area contributed by atoms with E-state index < -0.39 is 5.91 Å². The van der Waals surface area contributed by atoms with E-state index in [1.54, 1.807) is 6.07 Å². The van der Waals surface area contributed by atoms with Crippen LogP contribution >= 0.6 is 15.9 Å². The van der Waals surface area contributed by atoms with Gasteiger partial charge in [0.2, 0.25) is 0 Å². The summed E-state index contributed by atoms with van der Waals surface area (Å²) in [5, 5.41) is 3.37. The van der Waals surface area contributed by atoms with Gasteiger partial charge in [-0.25, -0.2) is 0 Å². The minimum absolute atomic E-state index is 0.137. The molecule has 2 unspecified atom stereocenters. The standard InChI is InChI=1S/C13H18BrN3O/c14-8-5-6-9(13(16)18)12(7-8)17-11-4-2-1-3-10(11)15/h5-7,10-11,17H,1-4,15H2,(H2,16,18). The van der Waals surface area contributed by atoms with E-state index in [-0.39, 0.29) is 12.1 Å². The molecule has 0 radical (unpaired) electrons.